The molecule has 0 spiro atoms. The van der Waals surface area contributed by atoms with Crippen molar-refractivity contribution in [2.75, 3.05) is 0 Å². The number of rotatable bonds is 9. The number of fused-ring (bicyclic) bond motifs is 3. The van der Waals surface area contributed by atoms with E-state index in [2.05, 4.69) is 172 Å². The van der Waals surface area contributed by atoms with Crippen LogP contribution < -0.4 is 4.74 Å². The Hall–Kier alpha value is -3.95. The molecule has 6 heteroatoms. The Labute approximate surface area is 350 Å². The van der Waals surface area contributed by atoms with Crippen LogP contribution >= 0.6 is 0 Å². The van der Waals surface area contributed by atoms with E-state index < -0.39 is 0 Å². The minimum Gasteiger partial charge on any atom is -0.509 e. The van der Waals surface area contributed by atoms with Crippen LogP contribution in [0.25, 0.3) is 33.3 Å². The van der Waals surface area contributed by atoms with E-state index in [-0.39, 0.29) is 32.4 Å². The molecule has 5 nitrogen and oxygen atoms in total. The molecule has 0 N–H and O–H groups in total. The third-order valence-electron chi connectivity index (χ3n) is 12.1. The molecule has 7 rings (SSSR count). The first-order valence-corrected chi connectivity index (χ1v) is 20.5. The number of ether oxygens (including phenoxy) is 1. The van der Waals surface area contributed by atoms with E-state index in [9.17, 15) is 0 Å². The number of pyridine rings is 1. The van der Waals surface area contributed by atoms with Gasteiger partial charge in [0.1, 0.15) is 5.82 Å². The molecule has 56 heavy (non-hydrogen) atoms. The van der Waals surface area contributed by atoms with Gasteiger partial charge in [0.05, 0.1) is 5.69 Å². The van der Waals surface area contributed by atoms with Crippen LogP contribution in [0.4, 0.5) is 0 Å². The Morgan fingerprint density at radius 1 is 0.804 bits per heavy atom. The Balaban J connectivity index is 0.00000532. The predicted molar refractivity (Wildman–Crippen MR) is 229 cm³/mol. The maximum Gasteiger partial charge on any atom is 2.00 e. The van der Waals surface area contributed by atoms with Gasteiger partial charge < -0.3 is 9.30 Å². The van der Waals surface area contributed by atoms with Crippen molar-refractivity contribution >= 4 is 21.8 Å². The maximum absolute atomic E-state index is 6.73. The van der Waals surface area contributed by atoms with Crippen LogP contribution in [0.3, 0.4) is 0 Å². The van der Waals surface area contributed by atoms with E-state index in [1.807, 2.05) is 12.3 Å². The smallest absolute Gasteiger partial charge is 0.509 e. The molecule has 1 aliphatic carbocycles. The molecule has 0 saturated carbocycles. The number of benzene rings is 3. The second kappa shape index (κ2) is 16.1. The summed E-state index contributed by atoms with van der Waals surface area (Å²) in [6, 6.07) is 28.6. The fraction of sp³-hybridized carbons (Fsp3) is 0.440. The number of aryl methyl sites for hydroxylation is 1. The van der Waals surface area contributed by atoms with Gasteiger partial charge in [0.2, 0.25) is 0 Å². The van der Waals surface area contributed by atoms with E-state index in [0.29, 0.717) is 47.0 Å². The number of para-hydroxylation sites is 1. The van der Waals surface area contributed by atoms with Gasteiger partial charge in [-0.1, -0.05) is 112 Å². The molecule has 3 atom stereocenters. The largest absolute Gasteiger partial charge is 2.00 e. The summed E-state index contributed by atoms with van der Waals surface area (Å²) < 4.78 is 11.1. The fourth-order valence-electron chi connectivity index (χ4n) is 8.86. The predicted octanol–water partition coefficient (Wildman–Crippen LogP) is 13.4. The Kier molecular flexibility index (Phi) is 12.0. The molecule has 6 aromatic rings. The van der Waals surface area contributed by atoms with Crippen molar-refractivity contribution in [2.24, 2.45) is 29.6 Å². The summed E-state index contributed by atoms with van der Waals surface area (Å²) in [5, 5.41) is 7.53. The molecule has 1 unspecified atom stereocenters. The first-order chi connectivity index (χ1) is 26.0. The number of nitrogens with zero attached hydrogens (tertiary/aromatic N) is 4. The van der Waals surface area contributed by atoms with Crippen LogP contribution in [-0.2, 0) is 26.5 Å². The third kappa shape index (κ3) is 7.82. The Morgan fingerprint density at radius 3 is 2.20 bits per heavy atom. The molecule has 0 aliphatic heterocycles. The topological polar surface area (TPSA) is 44.9 Å². The zero-order valence-electron chi connectivity index (χ0n) is 35.7. The van der Waals surface area contributed by atoms with E-state index in [0.717, 1.165) is 39.0 Å². The zero-order chi connectivity index (χ0) is 39.5. The first-order valence-electron chi connectivity index (χ1n) is 20.5. The van der Waals surface area contributed by atoms with Gasteiger partial charge in [-0.2, -0.15) is 11.2 Å². The van der Waals surface area contributed by atoms with Crippen LogP contribution in [0.2, 0.25) is 0 Å². The summed E-state index contributed by atoms with van der Waals surface area (Å²) in [6.45, 7) is 29.9. The summed E-state index contributed by atoms with van der Waals surface area (Å²) in [7, 11) is 0. The molecule has 0 saturated heterocycles. The average Bonchev–Trinajstić information content (AvgIpc) is 3.62. The van der Waals surface area contributed by atoms with Crippen LogP contribution in [0.5, 0.6) is 11.5 Å². The summed E-state index contributed by atoms with van der Waals surface area (Å²) in [4.78, 5) is 4.86. The number of hydrogen-bond donors (Lipinski definition) is 0. The second-order valence-electron chi connectivity index (χ2n) is 18.4. The van der Waals surface area contributed by atoms with Gasteiger partial charge >= 0.3 is 21.1 Å². The summed E-state index contributed by atoms with van der Waals surface area (Å²) >= 11 is 0. The van der Waals surface area contributed by atoms with Crippen molar-refractivity contribution in [3.63, 3.8) is 0 Å². The molecular formula is C50H60N4OPt. The van der Waals surface area contributed by atoms with E-state index in [4.69, 9.17) is 14.8 Å². The second-order valence-corrected chi connectivity index (χ2v) is 18.4. The zero-order valence-corrected chi connectivity index (χ0v) is 38.0. The molecule has 0 radical (unpaired) electrons. The molecule has 3 heterocycles. The molecule has 0 bridgehead atoms. The van der Waals surface area contributed by atoms with E-state index >= 15 is 0 Å². The quantitative estimate of drug-likeness (QED) is 0.107. The minimum absolute atomic E-state index is 0. The van der Waals surface area contributed by atoms with Gasteiger partial charge in [-0.15, -0.1) is 41.3 Å². The van der Waals surface area contributed by atoms with Gasteiger partial charge in [-0.05, 0) is 96.0 Å². The van der Waals surface area contributed by atoms with Crippen molar-refractivity contribution in [3.8, 4) is 23.0 Å². The maximum atomic E-state index is 6.73. The molecular weight excluding hydrogens is 868 g/mol. The fourth-order valence-corrected chi connectivity index (χ4v) is 8.86. The van der Waals surface area contributed by atoms with Crippen molar-refractivity contribution in [1.29, 1.82) is 0 Å². The number of hydrogen-bond acceptors (Lipinski definition) is 3. The molecule has 3 aromatic heterocycles. The monoisotopic (exact) mass is 927 g/mol. The van der Waals surface area contributed by atoms with Crippen LogP contribution in [0, 0.1) is 55.6 Å². The molecule has 0 fully saturated rings. The van der Waals surface area contributed by atoms with Crippen LogP contribution in [0.15, 0.2) is 78.5 Å². The number of aromatic nitrogens is 4. The molecule has 1 aliphatic rings. The average molecular weight is 928 g/mol. The van der Waals surface area contributed by atoms with Gasteiger partial charge in [0.15, 0.2) is 0 Å². The number of allylic oxidation sites excluding steroid dienone is 2. The third-order valence-corrected chi connectivity index (χ3v) is 12.1. The van der Waals surface area contributed by atoms with Gasteiger partial charge in [-0.3, -0.25) is 4.68 Å². The van der Waals surface area contributed by atoms with Crippen LogP contribution in [-0.4, -0.2) is 19.3 Å². The Morgan fingerprint density at radius 2 is 1.54 bits per heavy atom. The van der Waals surface area contributed by atoms with Crippen molar-refractivity contribution in [2.45, 2.75) is 114 Å². The van der Waals surface area contributed by atoms with Crippen molar-refractivity contribution in [1.82, 2.24) is 19.3 Å². The molecule has 0 amide bonds. The van der Waals surface area contributed by atoms with Gasteiger partial charge in [0, 0.05) is 40.4 Å². The van der Waals surface area contributed by atoms with E-state index in [1.165, 1.54) is 28.8 Å². The van der Waals surface area contributed by atoms with E-state index in [1.54, 1.807) is 5.57 Å². The van der Waals surface area contributed by atoms with Crippen LogP contribution in [0.1, 0.15) is 122 Å². The van der Waals surface area contributed by atoms with Crippen molar-refractivity contribution in [3.05, 3.63) is 119 Å². The summed E-state index contributed by atoms with van der Waals surface area (Å²) in [6.07, 6.45) is 5.75. The van der Waals surface area contributed by atoms with Gasteiger partial charge in [-0.25, -0.2) is 4.98 Å². The Bertz CT molecular complexity index is 2380. The standard InChI is InChI=1S/C50H60N4O.Pt/c1-29(2)35-22-38(54-34(10)48(33(9)52-54)49-43(31(5)6)24-36(30(3)4)25-44(49)32(7)8)27-40(23-35)55-39-18-19-42-41-16-14-15-17-45(41)53(46(42)28-39)47-26-37(20-21-51-47)50(11,12)13;/h14-24,26,29-32,36,44,49H,25H2,1-13H3;/q-2;+2/t36-,44+,49?;/m0./s1. The first kappa shape index (κ1) is 41.7. The normalized spacial score (nSPS) is 17.7. The minimum atomic E-state index is -0.00752. The summed E-state index contributed by atoms with van der Waals surface area (Å²) in [5.41, 5.74) is 10.6. The van der Waals surface area contributed by atoms with Crippen molar-refractivity contribution < 1.29 is 25.8 Å². The molecule has 296 valence electrons. The van der Waals surface area contributed by atoms with Gasteiger partial charge in [0.25, 0.3) is 0 Å². The SMILES string of the molecule is Cc1nn(-c2[c-]c(Oc3[c-]c4c(cc3)c3ccccc3n4-c3cc(C(C)(C)C)ccn3)cc(C(C)C)c2)c(C)c1C1C(C(C)C)=C[C@H](C(C)C)C[C@@H]1C(C)C.[Pt+2]. The molecule has 3 aromatic carbocycles. The summed E-state index contributed by atoms with van der Waals surface area (Å²) in [5.74, 6) is 5.62.